The largest absolute Gasteiger partial charge is 0.490 e. The van der Waals surface area contributed by atoms with Gasteiger partial charge in [-0.15, -0.1) is 0 Å². The van der Waals surface area contributed by atoms with Crippen LogP contribution in [0.15, 0.2) is 47.4 Å². The molecule has 1 saturated heterocycles. The number of piperidine rings is 1. The van der Waals surface area contributed by atoms with Gasteiger partial charge in [0.05, 0.1) is 17.1 Å². The van der Waals surface area contributed by atoms with Crippen LogP contribution in [0.1, 0.15) is 24.0 Å². The fourth-order valence-corrected chi connectivity index (χ4v) is 5.87. The van der Waals surface area contributed by atoms with E-state index in [0.717, 1.165) is 22.6 Å². The summed E-state index contributed by atoms with van der Waals surface area (Å²) in [5, 5.41) is 0. The summed E-state index contributed by atoms with van der Waals surface area (Å²) in [6.07, 6.45) is 1.06. The number of sulfonamides is 1. The number of benzene rings is 2. The van der Waals surface area contributed by atoms with Crippen molar-refractivity contribution < 1.29 is 17.9 Å². The summed E-state index contributed by atoms with van der Waals surface area (Å²) in [7, 11) is -3.55. The zero-order valence-corrected chi connectivity index (χ0v) is 17.6. The van der Waals surface area contributed by atoms with Gasteiger partial charge in [0, 0.05) is 19.0 Å². The molecule has 2 heterocycles. The van der Waals surface area contributed by atoms with Gasteiger partial charge in [-0.1, -0.05) is 24.3 Å². The Morgan fingerprint density at radius 2 is 1.76 bits per heavy atom. The molecule has 1 amide bonds. The first kappa shape index (κ1) is 19.9. The van der Waals surface area contributed by atoms with Crippen LogP contribution in [-0.4, -0.2) is 44.9 Å². The van der Waals surface area contributed by atoms with Gasteiger partial charge >= 0.3 is 0 Å². The fraction of sp³-hybridized carbons (Fsp3) is 0.409. The Morgan fingerprint density at radius 1 is 1.03 bits per heavy atom. The van der Waals surface area contributed by atoms with Gasteiger partial charge < -0.3 is 9.64 Å². The van der Waals surface area contributed by atoms with Crippen LogP contribution in [-0.2, 0) is 14.8 Å². The first-order valence-corrected chi connectivity index (χ1v) is 11.4. The Balaban J connectivity index is 1.47. The Labute approximate surface area is 172 Å². The minimum Gasteiger partial charge on any atom is -0.490 e. The van der Waals surface area contributed by atoms with Gasteiger partial charge in [-0.2, -0.15) is 4.31 Å². The number of hydrogen-bond acceptors (Lipinski definition) is 4. The summed E-state index contributed by atoms with van der Waals surface area (Å²) >= 11 is 0. The number of ether oxygens (including phenoxy) is 1. The third-order valence-corrected chi connectivity index (χ3v) is 7.80. The van der Waals surface area contributed by atoms with E-state index in [0.29, 0.717) is 44.0 Å². The molecule has 2 aromatic rings. The van der Waals surface area contributed by atoms with E-state index in [1.807, 2.05) is 50.2 Å². The Kier molecular flexibility index (Phi) is 5.36. The summed E-state index contributed by atoms with van der Waals surface area (Å²) in [5.41, 5.74) is 2.47. The van der Waals surface area contributed by atoms with E-state index < -0.39 is 10.0 Å². The van der Waals surface area contributed by atoms with Gasteiger partial charge in [-0.05, 0) is 56.0 Å². The molecule has 154 valence electrons. The van der Waals surface area contributed by atoms with Crippen LogP contribution in [0.2, 0.25) is 0 Å². The lowest BCUT2D eigenvalue weighted by atomic mass is 9.96. The molecule has 0 radical (unpaired) electrons. The van der Waals surface area contributed by atoms with Gasteiger partial charge in [0.2, 0.25) is 15.9 Å². The van der Waals surface area contributed by atoms with Crippen molar-refractivity contribution in [2.45, 2.75) is 31.6 Å². The molecule has 0 N–H and O–H groups in total. The van der Waals surface area contributed by atoms with Crippen molar-refractivity contribution in [1.29, 1.82) is 0 Å². The molecule has 2 aliphatic heterocycles. The second kappa shape index (κ2) is 7.80. The summed E-state index contributed by atoms with van der Waals surface area (Å²) < 4.78 is 33.4. The van der Waals surface area contributed by atoms with Gasteiger partial charge in [-0.25, -0.2) is 8.42 Å². The van der Waals surface area contributed by atoms with Gasteiger partial charge in [0.1, 0.15) is 12.4 Å². The number of para-hydroxylation sites is 2. The standard InChI is InChI=1S/C22H26N2O4S/c1-16-7-8-17(2)21(15-16)29(26,27)23-11-9-18(10-12-23)22(25)24-13-14-28-20-6-4-3-5-19(20)24/h3-8,15,18H,9-14H2,1-2H3. The van der Waals surface area contributed by atoms with E-state index in [2.05, 4.69) is 0 Å². The molecular weight excluding hydrogens is 388 g/mol. The molecule has 0 aliphatic carbocycles. The average Bonchev–Trinajstić information content (AvgIpc) is 2.74. The second-order valence-electron chi connectivity index (χ2n) is 7.75. The zero-order valence-electron chi connectivity index (χ0n) is 16.8. The normalized spacial score (nSPS) is 18.2. The maximum Gasteiger partial charge on any atom is 0.243 e. The van der Waals surface area contributed by atoms with Crippen molar-refractivity contribution in [1.82, 2.24) is 4.31 Å². The highest BCUT2D eigenvalue weighted by Crippen LogP contribution is 2.34. The molecule has 0 atom stereocenters. The Morgan fingerprint density at radius 3 is 2.52 bits per heavy atom. The van der Waals surface area contributed by atoms with E-state index in [1.54, 1.807) is 11.0 Å². The summed E-state index contributed by atoms with van der Waals surface area (Å²) in [6.45, 7) is 5.43. The maximum absolute atomic E-state index is 13.1. The number of hydrogen-bond donors (Lipinski definition) is 0. The predicted octanol–water partition coefficient (Wildman–Crippen LogP) is 3.13. The van der Waals surface area contributed by atoms with Crippen LogP contribution in [0.4, 0.5) is 5.69 Å². The number of aryl methyl sites for hydroxylation is 2. The summed E-state index contributed by atoms with van der Waals surface area (Å²) in [5.74, 6) is 0.609. The van der Waals surface area contributed by atoms with Crippen molar-refractivity contribution in [2.75, 3.05) is 31.1 Å². The van der Waals surface area contributed by atoms with E-state index in [4.69, 9.17) is 4.74 Å². The van der Waals surface area contributed by atoms with E-state index in [-0.39, 0.29) is 11.8 Å². The molecule has 0 aromatic heterocycles. The maximum atomic E-state index is 13.1. The first-order chi connectivity index (χ1) is 13.9. The minimum atomic E-state index is -3.55. The minimum absolute atomic E-state index is 0.0598. The molecule has 2 aromatic carbocycles. The van der Waals surface area contributed by atoms with Crippen LogP contribution in [0.25, 0.3) is 0 Å². The van der Waals surface area contributed by atoms with E-state index in [9.17, 15) is 13.2 Å². The van der Waals surface area contributed by atoms with Gasteiger partial charge in [0.15, 0.2) is 0 Å². The molecule has 2 aliphatic rings. The number of carbonyl (C=O) groups is 1. The molecule has 0 spiro atoms. The molecular formula is C22H26N2O4S. The van der Waals surface area contributed by atoms with Crippen molar-refractivity contribution in [2.24, 2.45) is 5.92 Å². The first-order valence-electron chi connectivity index (χ1n) is 9.98. The third-order valence-electron chi connectivity index (χ3n) is 5.76. The summed E-state index contributed by atoms with van der Waals surface area (Å²) in [4.78, 5) is 15.3. The van der Waals surface area contributed by atoms with E-state index >= 15 is 0 Å². The summed E-state index contributed by atoms with van der Waals surface area (Å²) in [6, 6.07) is 13.0. The Hall–Kier alpha value is -2.38. The van der Waals surface area contributed by atoms with Crippen LogP contribution in [0.5, 0.6) is 5.75 Å². The van der Waals surface area contributed by atoms with Crippen molar-refractivity contribution in [3.63, 3.8) is 0 Å². The van der Waals surface area contributed by atoms with Gasteiger partial charge in [0.25, 0.3) is 0 Å². The molecule has 29 heavy (non-hydrogen) atoms. The number of carbonyl (C=O) groups excluding carboxylic acids is 1. The molecule has 0 unspecified atom stereocenters. The van der Waals surface area contributed by atoms with Crippen LogP contribution in [0.3, 0.4) is 0 Å². The average molecular weight is 415 g/mol. The van der Waals surface area contributed by atoms with Crippen molar-refractivity contribution in [3.8, 4) is 5.75 Å². The number of nitrogens with zero attached hydrogens (tertiary/aromatic N) is 2. The number of fused-ring (bicyclic) bond motifs is 1. The van der Waals surface area contributed by atoms with Crippen LogP contribution >= 0.6 is 0 Å². The SMILES string of the molecule is Cc1ccc(C)c(S(=O)(=O)N2CCC(C(=O)N3CCOc4ccccc43)CC2)c1. The molecule has 0 bridgehead atoms. The predicted molar refractivity (Wildman–Crippen MR) is 112 cm³/mol. The second-order valence-corrected chi connectivity index (χ2v) is 9.66. The van der Waals surface area contributed by atoms with Crippen molar-refractivity contribution >= 4 is 21.6 Å². The quantitative estimate of drug-likeness (QED) is 0.774. The number of anilines is 1. The van der Waals surface area contributed by atoms with Crippen molar-refractivity contribution in [3.05, 3.63) is 53.6 Å². The Bertz CT molecular complexity index is 1030. The highest BCUT2D eigenvalue weighted by Gasteiger charge is 2.36. The molecule has 7 heteroatoms. The number of amides is 1. The lowest BCUT2D eigenvalue weighted by Crippen LogP contribution is -2.46. The monoisotopic (exact) mass is 414 g/mol. The van der Waals surface area contributed by atoms with Crippen LogP contribution < -0.4 is 9.64 Å². The smallest absolute Gasteiger partial charge is 0.243 e. The highest BCUT2D eigenvalue weighted by molar-refractivity contribution is 7.89. The fourth-order valence-electron chi connectivity index (χ4n) is 4.09. The number of rotatable bonds is 3. The van der Waals surface area contributed by atoms with E-state index in [1.165, 1.54) is 4.31 Å². The zero-order chi connectivity index (χ0) is 20.6. The highest BCUT2D eigenvalue weighted by atomic mass is 32.2. The molecule has 4 rings (SSSR count). The third kappa shape index (κ3) is 3.76. The lowest BCUT2D eigenvalue weighted by Gasteiger charge is -2.36. The van der Waals surface area contributed by atoms with Gasteiger partial charge in [-0.3, -0.25) is 4.79 Å². The molecule has 1 fully saturated rings. The molecule has 6 nitrogen and oxygen atoms in total. The topological polar surface area (TPSA) is 66.9 Å². The van der Waals surface area contributed by atoms with Crippen LogP contribution in [0, 0.1) is 19.8 Å². The molecule has 0 saturated carbocycles. The lowest BCUT2D eigenvalue weighted by molar-refractivity contribution is -0.123.